The van der Waals surface area contributed by atoms with Crippen molar-refractivity contribution in [3.8, 4) is 0 Å². The molecule has 26 heavy (non-hydrogen) atoms. The normalized spacial score (nSPS) is 10.5. The summed E-state index contributed by atoms with van der Waals surface area (Å²) < 4.78 is 9.87. The molecule has 1 aromatic heterocycles. The Hall–Kier alpha value is -2.29. The third-order valence-electron chi connectivity index (χ3n) is 3.25. The highest BCUT2D eigenvalue weighted by Crippen LogP contribution is 2.25. The predicted molar refractivity (Wildman–Crippen MR) is 98.8 cm³/mol. The Morgan fingerprint density at radius 3 is 2.62 bits per heavy atom. The number of methoxy groups -OCH3 is 1. The zero-order chi connectivity index (χ0) is 19.1. The number of hydrogen-bond donors (Lipinski definition) is 2. The van der Waals surface area contributed by atoms with Gasteiger partial charge in [0.15, 0.2) is 5.82 Å². The zero-order valence-electron chi connectivity index (χ0n) is 14.2. The molecule has 0 aliphatic rings. The van der Waals surface area contributed by atoms with Gasteiger partial charge in [-0.2, -0.15) is 0 Å². The molecule has 2 N–H and O–H groups in total. The maximum absolute atomic E-state index is 12.5. The van der Waals surface area contributed by atoms with Crippen LogP contribution in [0.15, 0.2) is 28.8 Å². The monoisotopic (exact) mass is 400 g/mol. The van der Waals surface area contributed by atoms with Crippen molar-refractivity contribution in [3.05, 3.63) is 40.1 Å². The van der Waals surface area contributed by atoms with Crippen molar-refractivity contribution in [1.82, 2.24) is 10.1 Å². The molecule has 140 valence electrons. The Morgan fingerprint density at radius 2 is 2.00 bits per heavy atom. The molecule has 0 radical (unpaired) electrons. The Kier molecular flexibility index (Phi) is 7.26. The van der Waals surface area contributed by atoms with Crippen molar-refractivity contribution in [2.45, 2.75) is 6.92 Å². The number of rotatable bonds is 7. The highest BCUT2D eigenvalue weighted by atomic mass is 35.5. The van der Waals surface area contributed by atoms with Gasteiger partial charge in [0, 0.05) is 25.4 Å². The Labute approximate surface area is 160 Å². The van der Waals surface area contributed by atoms with Gasteiger partial charge in [-0.15, -0.1) is 0 Å². The van der Waals surface area contributed by atoms with Crippen LogP contribution in [0.1, 0.15) is 5.76 Å². The van der Waals surface area contributed by atoms with E-state index in [1.807, 2.05) is 0 Å². The summed E-state index contributed by atoms with van der Waals surface area (Å²) in [5.41, 5.74) is 0.458. The fourth-order valence-electron chi connectivity index (χ4n) is 2.01. The van der Waals surface area contributed by atoms with Crippen molar-refractivity contribution in [2.75, 3.05) is 37.4 Å². The Balaban J connectivity index is 2.01. The number of nitrogens with zero attached hydrogens (tertiary/aromatic N) is 2. The van der Waals surface area contributed by atoms with Gasteiger partial charge < -0.3 is 24.8 Å². The first-order valence-corrected chi connectivity index (χ1v) is 8.37. The van der Waals surface area contributed by atoms with E-state index in [0.717, 1.165) is 0 Å². The molecule has 0 saturated carbocycles. The number of nitrogens with one attached hydrogen (secondary N) is 2. The van der Waals surface area contributed by atoms with Gasteiger partial charge in [-0.05, 0) is 25.1 Å². The first-order valence-electron chi connectivity index (χ1n) is 7.62. The second-order valence-electron chi connectivity index (χ2n) is 5.34. The topological polar surface area (TPSA) is 96.7 Å². The summed E-state index contributed by atoms with van der Waals surface area (Å²) in [4.78, 5) is 25.9. The lowest BCUT2D eigenvalue weighted by Gasteiger charge is -2.22. The molecule has 3 amide bonds. The quantitative estimate of drug-likeness (QED) is 0.741. The van der Waals surface area contributed by atoms with Crippen molar-refractivity contribution in [3.63, 3.8) is 0 Å². The number of carbonyl (C=O) groups is 2. The average Bonchev–Trinajstić information content (AvgIpc) is 2.99. The summed E-state index contributed by atoms with van der Waals surface area (Å²) in [6.45, 7) is 2.00. The number of ether oxygens (including phenoxy) is 1. The van der Waals surface area contributed by atoms with E-state index in [0.29, 0.717) is 21.5 Å². The maximum Gasteiger partial charge on any atom is 0.322 e. The fourth-order valence-corrected chi connectivity index (χ4v) is 2.31. The molecule has 0 atom stereocenters. The predicted octanol–water partition coefficient (Wildman–Crippen LogP) is 3.41. The number of amides is 3. The molecule has 0 spiro atoms. The molecule has 2 rings (SSSR count). The van der Waals surface area contributed by atoms with Crippen molar-refractivity contribution < 1.29 is 18.8 Å². The van der Waals surface area contributed by atoms with Crippen LogP contribution in [0.3, 0.4) is 0 Å². The number of anilines is 2. The summed E-state index contributed by atoms with van der Waals surface area (Å²) in [6, 6.07) is 5.80. The van der Waals surface area contributed by atoms with Crippen LogP contribution in [0.25, 0.3) is 0 Å². The zero-order valence-corrected chi connectivity index (χ0v) is 15.7. The third kappa shape index (κ3) is 5.91. The molecule has 0 unspecified atom stereocenters. The largest absolute Gasteiger partial charge is 0.383 e. The second kappa shape index (κ2) is 9.42. The molecule has 2 aromatic rings. The van der Waals surface area contributed by atoms with Gasteiger partial charge in [0.25, 0.3) is 0 Å². The van der Waals surface area contributed by atoms with Crippen molar-refractivity contribution in [2.24, 2.45) is 0 Å². The summed E-state index contributed by atoms with van der Waals surface area (Å²) in [7, 11) is 1.51. The lowest BCUT2D eigenvalue weighted by atomic mass is 10.3. The SMILES string of the molecule is COCCN(CC(=O)Nc1cc(C)on1)C(=O)Nc1ccc(Cl)c(Cl)c1. The lowest BCUT2D eigenvalue weighted by molar-refractivity contribution is -0.116. The molecular formula is C16H18Cl2N4O4. The van der Waals surface area contributed by atoms with Crippen LogP contribution in [-0.4, -0.2) is 48.8 Å². The smallest absolute Gasteiger partial charge is 0.322 e. The van der Waals surface area contributed by atoms with E-state index >= 15 is 0 Å². The second-order valence-corrected chi connectivity index (χ2v) is 6.16. The lowest BCUT2D eigenvalue weighted by Crippen LogP contribution is -2.42. The van der Waals surface area contributed by atoms with Crippen LogP contribution < -0.4 is 10.6 Å². The molecule has 10 heteroatoms. The van der Waals surface area contributed by atoms with Crippen LogP contribution in [0.4, 0.5) is 16.3 Å². The van der Waals surface area contributed by atoms with Gasteiger partial charge in [0.05, 0.1) is 16.7 Å². The van der Waals surface area contributed by atoms with Gasteiger partial charge in [0.2, 0.25) is 5.91 Å². The summed E-state index contributed by atoms with van der Waals surface area (Å²) >= 11 is 11.8. The molecule has 1 heterocycles. The molecule has 0 aliphatic heterocycles. The van der Waals surface area contributed by atoms with E-state index in [9.17, 15) is 9.59 Å². The molecule has 8 nitrogen and oxygen atoms in total. The number of aryl methyl sites for hydroxylation is 1. The molecule has 0 saturated heterocycles. The summed E-state index contributed by atoms with van der Waals surface area (Å²) in [6.07, 6.45) is 0. The summed E-state index contributed by atoms with van der Waals surface area (Å²) in [5.74, 6) is 0.427. The maximum atomic E-state index is 12.5. The highest BCUT2D eigenvalue weighted by Gasteiger charge is 2.18. The van der Waals surface area contributed by atoms with E-state index < -0.39 is 11.9 Å². The van der Waals surface area contributed by atoms with Crippen molar-refractivity contribution in [1.29, 1.82) is 0 Å². The van der Waals surface area contributed by atoms with E-state index in [2.05, 4.69) is 15.8 Å². The minimum Gasteiger partial charge on any atom is -0.383 e. The van der Waals surface area contributed by atoms with E-state index in [1.165, 1.54) is 18.1 Å². The van der Waals surface area contributed by atoms with Gasteiger partial charge in [-0.1, -0.05) is 28.4 Å². The first-order chi connectivity index (χ1) is 12.4. The van der Waals surface area contributed by atoms with E-state index in [1.54, 1.807) is 25.1 Å². The minimum atomic E-state index is -0.480. The first kappa shape index (κ1) is 20.0. The molecular weight excluding hydrogens is 383 g/mol. The average molecular weight is 401 g/mol. The standard InChI is InChI=1S/C16H18Cl2N4O4/c1-10-7-14(21-26-10)20-15(23)9-22(5-6-25-2)16(24)19-11-3-4-12(17)13(18)8-11/h3-4,7-8H,5-6,9H2,1-2H3,(H,19,24)(H,20,21,23). The van der Waals surface area contributed by atoms with Crippen LogP contribution in [0.2, 0.25) is 10.0 Å². The van der Waals surface area contributed by atoms with E-state index in [-0.39, 0.29) is 25.5 Å². The number of urea groups is 1. The number of halogens is 2. The highest BCUT2D eigenvalue weighted by molar-refractivity contribution is 6.42. The fraction of sp³-hybridized carbons (Fsp3) is 0.312. The van der Waals surface area contributed by atoms with Crippen molar-refractivity contribution >= 4 is 46.6 Å². The van der Waals surface area contributed by atoms with Gasteiger partial charge in [-0.25, -0.2) is 4.79 Å². The number of aromatic nitrogens is 1. The van der Waals surface area contributed by atoms with Crippen LogP contribution >= 0.6 is 23.2 Å². The molecule has 0 fully saturated rings. The van der Waals surface area contributed by atoms with E-state index in [4.69, 9.17) is 32.5 Å². The van der Waals surface area contributed by atoms with Gasteiger partial charge in [0.1, 0.15) is 12.3 Å². The number of hydrogen-bond acceptors (Lipinski definition) is 5. The van der Waals surface area contributed by atoms with Gasteiger partial charge >= 0.3 is 6.03 Å². The van der Waals surface area contributed by atoms with Gasteiger partial charge in [-0.3, -0.25) is 4.79 Å². The Bertz CT molecular complexity index is 781. The third-order valence-corrected chi connectivity index (χ3v) is 3.99. The van der Waals surface area contributed by atoms with Crippen LogP contribution in [0, 0.1) is 6.92 Å². The Morgan fingerprint density at radius 1 is 1.23 bits per heavy atom. The number of benzene rings is 1. The van der Waals surface area contributed by atoms with Crippen LogP contribution in [-0.2, 0) is 9.53 Å². The molecule has 1 aromatic carbocycles. The number of carbonyl (C=O) groups excluding carboxylic acids is 2. The summed E-state index contributed by atoms with van der Waals surface area (Å²) in [5, 5.41) is 9.59. The molecule has 0 aliphatic carbocycles. The van der Waals surface area contributed by atoms with Crippen LogP contribution in [0.5, 0.6) is 0 Å². The molecule has 0 bridgehead atoms. The minimum absolute atomic E-state index is 0.192.